The van der Waals surface area contributed by atoms with Crippen LogP contribution in [0.2, 0.25) is 0 Å². The first kappa shape index (κ1) is 14.9. The molecule has 1 heterocycles. The van der Waals surface area contributed by atoms with Crippen molar-refractivity contribution in [1.29, 1.82) is 0 Å². The number of ether oxygens (including phenoxy) is 1. The maximum Gasteiger partial charge on any atom is 0.329 e. The third-order valence-corrected chi connectivity index (χ3v) is 2.95. The van der Waals surface area contributed by atoms with Gasteiger partial charge in [0.05, 0.1) is 19.1 Å². The second kappa shape index (κ2) is 5.67. The predicted molar refractivity (Wildman–Crippen MR) is 66.0 cm³/mol. The van der Waals surface area contributed by atoms with Gasteiger partial charge in [-0.25, -0.2) is 4.79 Å². The summed E-state index contributed by atoms with van der Waals surface area (Å²) in [6, 6.07) is -0.478. The van der Waals surface area contributed by atoms with Gasteiger partial charge in [-0.05, 0) is 19.3 Å². The highest BCUT2D eigenvalue weighted by Crippen LogP contribution is 2.25. The van der Waals surface area contributed by atoms with Crippen LogP contribution in [0.3, 0.4) is 0 Å². The molecular formula is C12H22N2O4. The van der Waals surface area contributed by atoms with E-state index in [1.807, 2.05) is 13.8 Å². The van der Waals surface area contributed by atoms with Crippen LogP contribution in [0.1, 0.15) is 27.2 Å². The standard InChI is InChI=1S/C12H22N2O4/c1-8(2)4-9(13)11(17)14-6-12(3,7-14)18-5-10(15)16/h8-9H,4-7,13H2,1-3H3,(H,15,16). The molecule has 1 saturated heterocycles. The van der Waals surface area contributed by atoms with Crippen molar-refractivity contribution in [1.82, 2.24) is 4.90 Å². The second-order valence-corrected chi connectivity index (χ2v) is 5.56. The van der Waals surface area contributed by atoms with Gasteiger partial charge >= 0.3 is 5.97 Å². The van der Waals surface area contributed by atoms with E-state index >= 15 is 0 Å². The summed E-state index contributed by atoms with van der Waals surface area (Å²) in [6.07, 6.45) is 0.655. The smallest absolute Gasteiger partial charge is 0.329 e. The van der Waals surface area contributed by atoms with Crippen LogP contribution < -0.4 is 5.73 Å². The first-order valence-electron chi connectivity index (χ1n) is 6.13. The van der Waals surface area contributed by atoms with Gasteiger partial charge < -0.3 is 20.5 Å². The zero-order valence-corrected chi connectivity index (χ0v) is 11.2. The van der Waals surface area contributed by atoms with Crippen LogP contribution in [0, 0.1) is 5.92 Å². The lowest BCUT2D eigenvalue weighted by atomic mass is 9.94. The highest BCUT2D eigenvalue weighted by molar-refractivity contribution is 5.82. The van der Waals surface area contributed by atoms with E-state index in [9.17, 15) is 9.59 Å². The number of nitrogens with two attached hydrogens (primary N) is 1. The van der Waals surface area contributed by atoms with Gasteiger partial charge in [-0.1, -0.05) is 13.8 Å². The summed E-state index contributed by atoms with van der Waals surface area (Å²) in [5, 5.41) is 8.53. The molecule has 1 atom stereocenters. The molecule has 1 aliphatic rings. The van der Waals surface area contributed by atoms with Crippen molar-refractivity contribution in [2.75, 3.05) is 19.7 Å². The number of nitrogens with zero attached hydrogens (tertiary/aromatic N) is 1. The molecule has 0 aromatic carbocycles. The molecule has 0 aromatic heterocycles. The number of carboxylic acid groups (broad SMARTS) is 1. The molecule has 6 heteroatoms. The zero-order chi connectivity index (χ0) is 13.9. The molecule has 0 bridgehead atoms. The summed E-state index contributed by atoms with van der Waals surface area (Å²) in [5.41, 5.74) is 5.26. The van der Waals surface area contributed by atoms with E-state index in [-0.39, 0.29) is 12.5 Å². The number of aliphatic carboxylic acids is 1. The summed E-state index contributed by atoms with van der Waals surface area (Å²) < 4.78 is 5.23. The van der Waals surface area contributed by atoms with Gasteiger partial charge in [0.25, 0.3) is 0 Å². The third kappa shape index (κ3) is 3.96. The summed E-state index contributed by atoms with van der Waals surface area (Å²) in [4.78, 5) is 23.9. The molecular weight excluding hydrogens is 236 g/mol. The van der Waals surface area contributed by atoms with Crippen molar-refractivity contribution in [3.8, 4) is 0 Å². The number of carbonyl (C=O) groups is 2. The van der Waals surface area contributed by atoms with Gasteiger partial charge in [0.2, 0.25) is 5.91 Å². The van der Waals surface area contributed by atoms with Gasteiger partial charge in [0.15, 0.2) is 0 Å². The Morgan fingerprint density at radius 2 is 2.00 bits per heavy atom. The Labute approximate surface area is 107 Å². The Hall–Kier alpha value is -1.14. The molecule has 1 fully saturated rings. The lowest BCUT2D eigenvalue weighted by Crippen LogP contribution is -2.65. The Morgan fingerprint density at radius 3 is 2.44 bits per heavy atom. The molecule has 1 rings (SSSR count). The monoisotopic (exact) mass is 258 g/mol. The van der Waals surface area contributed by atoms with Gasteiger partial charge in [0.1, 0.15) is 12.2 Å². The summed E-state index contributed by atoms with van der Waals surface area (Å²) >= 11 is 0. The second-order valence-electron chi connectivity index (χ2n) is 5.56. The van der Waals surface area contributed by atoms with Gasteiger partial charge in [0, 0.05) is 0 Å². The number of likely N-dealkylation sites (tertiary alicyclic amines) is 1. The molecule has 0 aliphatic carbocycles. The van der Waals surface area contributed by atoms with Crippen LogP contribution in [0.25, 0.3) is 0 Å². The summed E-state index contributed by atoms with van der Waals surface area (Å²) in [5.74, 6) is -0.711. The fourth-order valence-electron chi connectivity index (χ4n) is 2.09. The minimum Gasteiger partial charge on any atom is -0.480 e. The quantitative estimate of drug-likeness (QED) is 0.703. The molecule has 0 aromatic rings. The Kier molecular flexibility index (Phi) is 4.70. The Morgan fingerprint density at radius 1 is 1.44 bits per heavy atom. The molecule has 0 spiro atoms. The van der Waals surface area contributed by atoms with E-state index in [1.54, 1.807) is 11.8 Å². The summed E-state index contributed by atoms with van der Waals surface area (Å²) in [7, 11) is 0. The Bertz CT molecular complexity index is 324. The van der Waals surface area contributed by atoms with Crippen LogP contribution in [0.5, 0.6) is 0 Å². The van der Waals surface area contributed by atoms with E-state index < -0.39 is 17.6 Å². The maximum atomic E-state index is 11.9. The van der Waals surface area contributed by atoms with Crippen molar-refractivity contribution < 1.29 is 19.4 Å². The lowest BCUT2D eigenvalue weighted by molar-refractivity contribution is -0.174. The molecule has 3 N–H and O–H groups in total. The largest absolute Gasteiger partial charge is 0.480 e. The van der Waals surface area contributed by atoms with E-state index in [0.29, 0.717) is 25.4 Å². The molecule has 6 nitrogen and oxygen atoms in total. The van der Waals surface area contributed by atoms with Crippen LogP contribution in [0.4, 0.5) is 0 Å². The SMILES string of the molecule is CC(C)CC(N)C(=O)N1CC(C)(OCC(=O)O)C1. The van der Waals surface area contributed by atoms with Crippen molar-refractivity contribution in [2.24, 2.45) is 11.7 Å². The average molecular weight is 258 g/mol. The normalized spacial score (nSPS) is 19.5. The van der Waals surface area contributed by atoms with Crippen LogP contribution >= 0.6 is 0 Å². The predicted octanol–water partition coefficient (Wildman–Crippen LogP) is 0.0619. The fourth-order valence-corrected chi connectivity index (χ4v) is 2.09. The average Bonchev–Trinajstić information content (AvgIpc) is 2.20. The zero-order valence-electron chi connectivity index (χ0n) is 11.2. The Balaban J connectivity index is 2.36. The number of amides is 1. The number of hydrogen-bond donors (Lipinski definition) is 2. The van der Waals surface area contributed by atoms with Gasteiger partial charge in [-0.2, -0.15) is 0 Å². The minimum absolute atomic E-state index is 0.0832. The maximum absolute atomic E-state index is 11.9. The molecule has 0 radical (unpaired) electrons. The number of hydrogen-bond acceptors (Lipinski definition) is 4. The number of carboxylic acids is 1. The molecule has 18 heavy (non-hydrogen) atoms. The molecule has 104 valence electrons. The van der Waals surface area contributed by atoms with E-state index in [4.69, 9.17) is 15.6 Å². The van der Waals surface area contributed by atoms with Crippen molar-refractivity contribution in [3.05, 3.63) is 0 Å². The topological polar surface area (TPSA) is 92.9 Å². The van der Waals surface area contributed by atoms with E-state index in [1.165, 1.54) is 0 Å². The van der Waals surface area contributed by atoms with Gasteiger partial charge in [-0.15, -0.1) is 0 Å². The molecule has 0 saturated carbocycles. The third-order valence-electron chi connectivity index (χ3n) is 2.95. The first-order chi connectivity index (χ1) is 8.23. The number of rotatable bonds is 6. The van der Waals surface area contributed by atoms with Crippen LogP contribution in [-0.4, -0.2) is 53.2 Å². The summed E-state index contributed by atoms with van der Waals surface area (Å²) in [6.45, 7) is 6.31. The molecule has 1 amide bonds. The highest BCUT2D eigenvalue weighted by atomic mass is 16.5. The minimum atomic E-state index is -1.00. The van der Waals surface area contributed by atoms with Gasteiger partial charge in [-0.3, -0.25) is 4.79 Å². The lowest BCUT2D eigenvalue weighted by Gasteiger charge is -2.48. The molecule has 1 aliphatic heterocycles. The van der Waals surface area contributed by atoms with E-state index in [0.717, 1.165) is 0 Å². The molecule has 1 unspecified atom stereocenters. The van der Waals surface area contributed by atoms with Crippen molar-refractivity contribution >= 4 is 11.9 Å². The fraction of sp³-hybridized carbons (Fsp3) is 0.833. The van der Waals surface area contributed by atoms with Crippen molar-refractivity contribution in [3.63, 3.8) is 0 Å². The van der Waals surface area contributed by atoms with Crippen LogP contribution in [0.15, 0.2) is 0 Å². The highest BCUT2D eigenvalue weighted by Gasteiger charge is 2.43. The first-order valence-corrected chi connectivity index (χ1v) is 6.13. The van der Waals surface area contributed by atoms with E-state index in [2.05, 4.69) is 0 Å². The van der Waals surface area contributed by atoms with Crippen LogP contribution in [-0.2, 0) is 14.3 Å². The van der Waals surface area contributed by atoms with Crippen molar-refractivity contribution in [2.45, 2.75) is 38.8 Å². The number of carbonyl (C=O) groups excluding carboxylic acids is 1.